The molecular weight excluding hydrogens is 215 g/mol. The van der Waals surface area contributed by atoms with E-state index in [-0.39, 0.29) is 5.82 Å². The number of aryl methyl sites for hydroxylation is 1. The molecule has 0 aromatic heterocycles. The third kappa shape index (κ3) is 3.05. The first kappa shape index (κ1) is 12.5. The van der Waals surface area contributed by atoms with E-state index in [0.717, 1.165) is 44.6 Å². The molecule has 0 atom stereocenters. The highest BCUT2D eigenvalue weighted by Gasteiger charge is 2.20. The van der Waals surface area contributed by atoms with E-state index in [4.69, 9.17) is 5.73 Å². The summed E-state index contributed by atoms with van der Waals surface area (Å²) >= 11 is 0. The smallest absolute Gasteiger partial charge is 0.126 e. The van der Waals surface area contributed by atoms with Gasteiger partial charge in [0.1, 0.15) is 5.82 Å². The average molecular weight is 236 g/mol. The van der Waals surface area contributed by atoms with E-state index < -0.39 is 0 Å². The fourth-order valence-electron chi connectivity index (χ4n) is 2.59. The van der Waals surface area contributed by atoms with Gasteiger partial charge in [0, 0.05) is 13.1 Å². The molecule has 1 heterocycles. The summed E-state index contributed by atoms with van der Waals surface area (Å²) in [4.78, 5) is 2.41. The molecule has 1 aromatic rings. The first-order chi connectivity index (χ1) is 8.20. The number of benzene rings is 1. The zero-order valence-electron chi connectivity index (χ0n) is 10.5. The molecule has 0 saturated carbocycles. The van der Waals surface area contributed by atoms with Gasteiger partial charge in [0.2, 0.25) is 0 Å². The van der Waals surface area contributed by atoms with Gasteiger partial charge in [0.05, 0.1) is 0 Å². The van der Waals surface area contributed by atoms with Crippen LogP contribution >= 0.6 is 0 Å². The first-order valence-corrected chi connectivity index (χ1v) is 6.39. The molecule has 2 N–H and O–H groups in total. The third-order valence-electron chi connectivity index (χ3n) is 3.69. The Kier molecular flexibility index (Phi) is 4.13. The van der Waals surface area contributed by atoms with Crippen LogP contribution in [0.5, 0.6) is 0 Å². The SMILES string of the molecule is Cc1cc(C2CCN(CCN)CC2)ccc1F. The summed E-state index contributed by atoms with van der Waals surface area (Å²) in [6.45, 7) is 5.79. The number of hydrogen-bond acceptors (Lipinski definition) is 2. The number of nitrogens with zero attached hydrogens (tertiary/aromatic N) is 1. The van der Waals surface area contributed by atoms with Crippen molar-refractivity contribution < 1.29 is 4.39 Å². The van der Waals surface area contributed by atoms with Crippen LogP contribution in [0.4, 0.5) is 4.39 Å². The van der Waals surface area contributed by atoms with Crippen molar-refractivity contribution in [2.75, 3.05) is 26.2 Å². The quantitative estimate of drug-likeness (QED) is 0.872. The number of hydrogen-bond donors (Lipinski definition) is 1. The standard InChI is InChI=1S/C14H21FN2/c1-11-10-13(2-3-14(11)15)12-4-7-17(8-5-12)9-6-16/h2-3,10,12H,4-9,16H2,1H3. The number of halogens is 1. The molecule has 0 bridgehead atoms. The summed E-state index contributed by atoms with van der Waals surface area (Å²) in [5.74, 6) is 0.484. The number of piperidine rings is 1. The maximum Gasteiger partial charge on any atom is 0.126 e. The van der Waals surface area contributed by atoms with E-state index in [9.17, 15) is 4.39 Å². The van der Waals surface area contributed by atoms with Gasteiger partial charge in [0.15, 0.2) is 0 Å². The molecule has 1 aromatic carbocycles. The molecule has 1 aliphatic rings. The molecule has 0 unspecified atom stereocenters. The number of rotatable bonds is 3. The second-order valence-corrected chi connectivity index (χ2v) is 4.91. The van der Waals surface area contributed by atoms with Crippen LogP contribution in [0.15, 0.2) is 18.2 Å². The molecule has 0 radical (unpaired) electrons. The molecule has 0 amide bonds. The van der Waals surface area contributed by atoms with Gasteiger partial charge in [-0.25, -0.2) is 4.39 Å². The summed E-state index contributed by atoms with van der Waals surface area (Å²) in [5.41, 5.74) is 7.60. The molecule has 0 aliphatic carbocycles. The summed E-state index contributed by atoms with van der Waals surface area (Å²) in [5, 5.41) is 0. The van der Waals surface area contributed by atoms with E-state index in [1.807, 2.05) is 19.1 Å². The van der Waals surface area contributed by atoms with Crippen LogP contribution in [0.2, 0.25) is 0 Å². The van der Waals surface area contributed by atoms with Crippen molar-refractivity contribution >= 4 is 0 Å². The van der Waals surface area contributed by atoms with Gasteiger partial charge in [-0.15, -0.1) is 0 Å². The van der Waals surface area contributed by atoms with Gasteiger partial charge in [0.25, 0.3) is 0 Å². The van der Waals surface area contributed by atoms with Crippen molar-refractivity contribution in [1.29, 1.82) is 0 Å². The molecule has 1 fully saturated rings. The van der Waals surface area contributed by atoms with E-state index in [1.165, 1.54) is 5.56 Å². The topological polar surface area (TPSA) is 29.3 Å². The maximum absolute atomic E-state index is 13.2. The lowest BCUT2D eigenvalue weighted by Gasteiger charge is -2.31. The van der Waals surface area contributed by atoms with Crippen LogP contribution < -0.4 is 5.73 Å². The van der Waals surface area contributed by atoms with Crippen molar-refractivity contribution in [2.45, 2.75) is 25.7 Å². The molecule has 2 nitrogen and oxygen atoms in total. The Balaban J connectivity index is 1.98. The summed E-state index contributed by atoms with van der Waals surface area (Å²) in [6.07, 6.45) is 2.32. The van der Waals surface area contributed by atoms with Crippen LogP contribution in [-0.4, -0.2) is 31.1 Å². The van der Waals surface area contributed by atoms with E-state index in [2.05, 4.69) is 4.90 Å². The van der Waals surface area contributed by atoms with Crippen molar-refractivity contribution in [3.05, 3.63) is 35.1 Å². The van der Waals surface area contributed by atoms with Crippen molar-refractivity contribution in [3.8, 4) is 0 Å². The van der Waals surface area contributed by atoms with Gasteiger partial charge in [-0.3, -0.25) is 0 Å². The fourth-order valence-corrected chi connectivity index (χ4v) is 2.59. The largest absolute Gasteiger partial charge is 0.329 e. The minimum atomic E-state index is -0.102. The predicted molar refractivity (Wildman–Crippen MR) is 68.6 cm³/mol. The fraction of sp³-hybridized carbons (Fsp3) is 0.571. The highest BCUT2D eigenvalue weighted by Crippen LogP contribution is 2.28. The maximum atomic E-state index is 13.2. The lowest BCUT2D eigenvalue weighted by atomic mass is 9.88. The lowest BCUT2D eigenvalue weighted by Crippen LogP contribution is -2.36. The van der Waals surface area contributed by atoms with Crippen LogP contribution in [0.1, 0.15) is 29.9 Å². The van der Waals surface area contributed by atoms with Crippen molar-refractivity contribution in [1.82, 2.24) is 4.90 Å². The summed E-state index contributed by atoms with van der Waals surface area (Å²) in [7, 11) is 0. The second-order valence-electron chi connectivity index (χ2n) is 4.91. The molecule has 0 spiro atoms. The van der Waals surface area contributed by atoms with Gasteiger partial charge in [-0.2, -0.15) is 0 Å². The zero-order chi connectivity index (χ0) is 12.3. The summed E-state index contributed by atoms with van der Waals surface area (Å²) in [6, 6.07) is 5.53. The number of likely N-dealkylation sites (tertiary alicyclic amines) is 1. The van der Waals surface area contributed by atoms with Crippen molar-refractivity contribution in [2.24, 2.45) is 5.73 Å². The Morgan fingerprint density at radius 1 is 1.35 bits per heavy atom. The Morgan fingerprint density at radius 3 is 2.65 bits per heavy atom. The Bertz CT molecular complexity index is 370. The predicted octanol–water partition coefficient (Wildman–Crippen LogP) is 2.27. The van der Waals surface area contributed by atoms with Gasteiger partial charge in [-0.1, -0.05) is 12.1 Å². The second kappa shape index (κ2) is 5.61. The van der Waals surface area contributed by atoms with E-state index in [0.29, 0.717) is 5.92 Å². The normalized spacial score (nSPS) is 18.5. The minimum absolute atomic E-state index is 0.102. The molecule has 1 saturated heterocycles. The Labute approximate surface area is 103 Å². The summed E-state index contributed by atoms with van der Waals surface area (Å²) < 4.78 is 13.2. The van der Waals surface area contributed by atoms with Crippen LogP contribution in [0, 0.1) is 12.7 Å². The van der Waals surface area contributed by atoms with E-state index in [1.54, 1.807) is 6.07 Å². The van der Waals surface area contributed by atoms with Crippen LogP contribution in [-0.2, 0) is 0 Å². The van der Waals surface area contributed by atoms with Gasteiger partial charge < -0.3 is 10.6 Å². The Hall–Kier alpha value is -0.930. The highest BCUT2D eigenvalue weighted by atomic mass is 19.1. The van der Waals surface area contributed by atoms with Crippen molar-refractivity contribution in [3.63, 3.8) is 0 Å². The molecule has 94 valence electrons. The van der Waals surface area contributed by atoms with Crippen LogP contribution in [0.25, 0.3) is 0 Å². The Morgan fingerprint density at radius 2 is 2.06 bits per heavy atom. The molecule has 1 aliphatic heterocycles. The molecule has 2 rings (SSSR count). The highest BCUT2D eigenvalue weighted by molar-refractivity contribution is 5.27. The average Bonchev–Trinajstić information content (AvgIpc) is 2.34. The third-order valence-corrected chi connectivity index (χ3v) is 3.69. The van der Waals surface area contributed by atoms with Gasteiger partial charge in [-0.05, 0) is 56.0 Å². The lowest BCUT2D eigenvalue weighted by molar-refractivity contribution is 0.217. The molecule has 3 heteroatoms. The number of nitrogens with two attached hydrogens (primary N) is 1. The zero-order valence-corrected chi connectivity index (χ0v) is 10.5. The van der Waals surface area contributed by atoms with E-state index >= 15 is 0 Å². The van der Waals surface area contributed by atoms with Crippen LogP contribution in [0.3, 0.4) is 0 Å². The molecular formula is C14H21FN2. The molecule has 17 heavy (non-hydrogen) atoms. The minimum Gasteiger partial charge on any atom is -0.329 e. The van der Waals surface area contributed by atoms with Gasteiger partial charge >= 0.3 is 0 Å². The monoisotopic (exact) mass is 236 g/mol. The first-order valence-electron chi connectivity index (χ1n) is 6.39.